The second-order valence-electron chi connectivity index (χ2n) is 7.10. The summed E-state index contributed by atoms with van der Waals surface area (Å²) in [6.45, 7) is 13.9. The van der Waals surface area contributed by atoms with Crippen molar-refractivity contribution in [1.82, 2.24) is 14.8 Å². The SMILES string of the molecule is Cc1cncc(CN(C)CC(C)(C)CN2CCOCC2)c1. The molecule has 0 amide bonds. The summed E-state index contributed by atoms with van der Waals surface area (Å²) in [7, 11) is 2.20. The number of hydrogen-bond acceptors (Lipinski definition) is 4. The molecule has 1 aromatic rings. The number of nitrogens with zero attached hydrogens (tertiary/aromatic N) is 3. The van der Waals surface area contributed by atoms with Crippen molar-refractivity contribution in [2.45, 2.75) is 27.3 Å². The minimum Gasteiger partial charge on any atom is -0.379 e. The monoisotopic (exact) mass is 291 g/mol. The maximum Gasteiger partial charge on any atom is 0.0594 e. The average Bonchev–Trinajstić information content (AvgIpc) is 2.38. The fourth-order valence-electron chi connectivity index (χ4n) is 3.22. The summed E-state index contributed by atoms with van der Waals surface area (Å²) in [5.41, 5.74) is 2.80. The first kappa shape index (κ1) is 16.4. The lowest BCUT2D eigenvalue weighted by molar-refractivity contribution is 0.0161. The van der Waals surface area contributed by atoms with E-state index in [-0.39, 0.29) is 5.41 Å². The summed E-state index contributed by atoms with van der Waals surface area (Å²) in [6, 6.07) is 2.22. The van der Waals surface area contributed by atoms with Gasteiger partial charge < -0.3 is 9.64 Å². The van der Waals surface area contributed by atoms with E-state index < -0.39 is 0 Å². The predicted molar refractivity (Wildman–Crippen MR) is 86.3 cm³/mol. The number of aryl methyl sites for hydroxylation is 1. The van der Waals surface area contributed by atoms with Gasteiger partial charge in [0.05, 0.1) is 13.2 Å². The number of ether oxygens (including phenoxy) is 1. The van der Waals surface area contributed by atoms with Gasteiger partial charge in [-0.1, -0.05) is 19.9 Å². The zero-order valence-corrected chi connectivity index (χ0v) is 13.9. The summed E-state index contributed by atoms with van der Waals surface area (Å²) in [6.07, 6.45) is 3.88. The average molecular weight is 291 g/mol. The summed E-state index contributed by atoms with van der Waals surface area (Å²) >= 11 is 0. The van der Waals surface area contributed by atoms with Crippen LogP contribution in [0.1, 0.15) is 25.0 Å². The van der Waals surface area contributed by atoms with Crippen LogP contribution in [0, 0.1) is 12.3 Å². The van der Waals surface area contributed by atoms with Gasteiger partial charge in [-0.15, -0.1) is 0 Å². The van der Waals surface area contributed by atoms with Crippen molar-refractivity contribution < 1.29 is 4.74 Å². The van der Waals surface area contributed by atoms with E-state index in [1.165, 1.54) is 11.1 Å². The molecule has 4 heteroatoms. The Hall–Kier alpha value is -0.970. The first-order valence-electron chi connectivity index (χ1n) is 7.84. The topological polar surface area (TPSA) is 28.6 Å². The Balaban J connectivity index is 1.83. The minimum absolute atomic E-state index is 0.281. The highest BCUT2D eigenvalue weighted by Gasteiger charge is 2.24. The van der Waals surface area contributed by atoms with Crippen molar-refractivity contribution in [3.8, 4) is 0 Å². The molecule has 0 aromatic carbocycles. The van der Waals surface area contributed by atoms with Gasteiger partial charge in [0.1, 0.15) is 0 Å². The zero-order valence-electron chi connectivity index (χ0n) is 13.9. The highest BCUT2D eigenvalue weighted by Crippen LogP contribution is 2.20. The molecule has 1 aliphatic heterocycles. The van der Waals surface area contributed by atoms with E-state index in [2.05, 4.69) is 48.7 Å². The molecule has 0 unspecified atom stereocenters. The molecule has 0 saturated carbocycles. The minimum atomic E-state index is 0.281. The summed E-state index contributed by atoms with van der Waals surface area (Å²) in [5.74, 6) is 0. The Bertz CT molecular complexity index is 441. The van der Waals surface area contributed by atoms with Crippen molar-refractivity contribution in [3.63, 3.8) is 0 Å². The molecule has 1 fully saturated rings. The molecule has 0 bridgehead atoms. The lowest BCUT2D eigenvalue weighted by atomic mass is 9.91. The van der Waals surface area contributed by atoms with Crippen molar-refractivity contribution in [3.05, 3.63) is 29.6 Å². The quantitative estimate of drug-likeness (QED) is 0.803. The predicted octanol–water partition coefficient (Wildman–Crippen LogP) is 2.18. The third-order valence-electron chi connectivity index (χ3n) is 3.84. The van der Waals surface area contributed by atoms with Crippen LogP contribution in [0.5, 0.6) is 0 Å². The van der Waals surface area contributed by atoms with Crippen LogP contribution in [0.25, 0.3) is 0 Å². The highest BCUT2D eigenvalue weighted by molar-refractivity contribution is 5.16. The highest BCUT2D eigenvalue weighted by atomic mass is 16.5. The van der Waals surface area contributed by atoms with E-state index in [9.17, 15) is 0 Å². The van der Waals surface area contributed by atoms with Crippen LogP contribution in [-0.2, 0) is 11.3 Å². The van der Waals surface area contributed by atoms with Gasteiger partial charge >= 0.3 is 0 Å². The molecule has 0 spiro atoms. The Kier molecular flexibility index (Phi) is 5.73. The molecule has 2 rings (SSSR count). The van der Waals surface area contributed by atoms with E-state index in [0.29, 0.717) is 0 Å². The molecular weight excluding hydrogens is 262 g/mol. The normalized spacial score (nSPS) is 17.4. The van der Waals surface area contributed by atoms with Gasteiger partial charge in [-0.3, -0.25) is 9.88 Å². The first-order valence-corrected chi connectivity index (χ1v) is 7.84. The maximum atomic E-state index is 5.43. The second kappa shape index (κ2) is 7.34. The molecule has 0 aliphatic carbocycles. The van der Waals surface area contributed by atoms with Gasteiger partial charge in [-0.05, 0) is 30.5 Å². The van der Waals surface area contributed by atoms with Crippen LogP contribution < -0.4 is 0 Å². The Labute approximate surface area is 129 Å². The molecule has 4 nitrogen and oxygen atoms in total. The molecule has 2 heterocycles. The number of morpholine rings is 1. The van der Waals surface area contributed by atoms with E-state index in [1.807, 2.05) is 12.4 Å². The van der Waals surface area contributed by atoms with Gasteiger partial charge in [-0.2, -0.15) is 0 Å². The van der Waals surface area contributed by atoms with Crippen LogP contribution in [0.2, 0.25) is 0 Å². The molecule has 0 atom stereocenters. The van der Waals surface area contributed by atoms with E-state index in [4.69, 9.17) is 4.74 Å². The van der Waals surface area contributed by atoms with Crippen LogP contribution >= 0.6 is 0 Å². The molecule has 1 saturated heterocycles. The second-order valence-corrected chi connectivity index (χ2v) is 7.10. The van der Waals surface area contributed by atoms with Crippen molar-refractivity contribution in [2.24, 2.45) is 5.41 Å². The van der Waals surface area contributed by atoms with E-state index >= 15 is 0 Å². The smallest absolute Gasteiger partial charge is 0.0594 e. The molecular formula is C17H29N3O. The van der Waals surface area contributed by atoms with Crippen LogP contribution in [0.15, 0.2) is 18.5 Å². The fraction of sp³-hybridized carbons (Fsp3) is 0.706. The van der Waals surface area contributed by atoms with Gasteiger partial charge in [0, 0.05) is 45.1 Å². The molecule has 21 heavy (non-hydrogen) atoms. The Morgan fingerprint density at radius 1 is 1.29 bits per heavy atom. The van der Waals surface area contributed by atoms with Crippen LogP contribution in [-0.4, -0.2) is 61.2 Å². The van der Waals surface area contributed by atoms with Crippen LogP contribution in [0.4, 0.5) is 0 Å². The van der Waals surface area contributed by atoms with Crippen molar-refractivity contribution in [1.29, 1.82) is 0 Å². The lowest BCUT2D eigenvalue weighted by Crippen LogP contribution is -2.45. The van der Waals surface area contributed by atoms with Crippen molar-refractivity contribution in [2.75, 3.05) is 46.4 Å². The lowest BCUT2D eigenvalue weighted by Gasteiger charge is -2.37. The first-order chi connectivity index (χ1) is 9.94. The van der Waals surface area contributed by atoms with Gasteiger partial charge in [0.15, 0.2) is 0 Å². The third-order valence-corrected chi connectivity index (χ3v) is 3.84. The fourth-order valence-corrected chi connectivity index (χ4v) is 3.22. The van der Waals surface area contributed by atoms with Gasteiger partial charge in [-0.25, -0.2) is 0 Å². The number of hydrogen-bond donors (Lipinski definition) is 0. The third kappa shape index (κ3) is 5.73. The molecule has 118 valence electrons. The standard InChI is InChI=1S/C17H29N3O/c1-15-9-16(11-18-10-15)12-19(4)13-17(2,3)14-20-5-7-21-8-6-20/h9-11H,5-8,12-14H2,1-4H3. The van der Waals surface area contributed by atoms with Crippen LogP contribution in [0.3, 0.4) is 0 Å². The summed E-state index contributed by atoms with van der Waals surface area (Å²) < 4.78 is 5.43. The maximum absolute atomic E-state index is 5.43. The van der Waals surface area contributed by atoms with Crippen molar-refractivity contribution >= 4 is 0 Å². The van der Waals surface area contributed by atoms with E-state index in [0.717, 1.165) is 45.9 Å². The Morgan fingerprint density at radius 2 is 2.00 bits per heavy atom. The molecule has 0 N–H and O–H groups in total. The Morgan fingerprint density at radius 3 is 2.67 bits per heavy atom. The number of aromatic nitrogens is 1. The molecule has 0 radical (unpaired) electrons. The van der Waals surface area contributed by atoms with E-state index in [1.54, 1.807) is 0 Å². The van der Waals surface area contributed by atoms with Gasteiger partial charge in [0.25, 0.3) is 0 Å². The molecule has 1 aliphatic rings. The zero-order chi connectivity index (χ0) is 15.3. The number of rotatable bonds is 6. The number of pyridine rings is 1. The summed E-state index contributed by atoms with van der Waals surface area (Å²) in [4.78, 5) is 9.20. The summed E-state index contributed by atoms with van der Waals surface area (Å²) in [5, 5.41) is 0. The largest absolute Gasteiger partial charge is 0.379 e. The van der Waals surface area contributed by atoms with Gasteiger partial charge in [0.2, 0.25) is 0 Å². The molecule has 1 aromatic heterocycles.